The van der Waals surface area contributed by atoms with E-state index in [1.54, 1.807) is 0 Å². The van der Waals surface area contributed by atoms with Crippen molar-refractivity contribution in [2.24, 2.45) is 0 Å². The van der Waals surface area contributed by atoms with Gasteiger partial charge >= 0.3 is 12.4 Å². The second-order valence-corrected chi connectivity index (χ2v) is 6.81. The normalized spacial score (nSPS) is 24.2. The molecule has 0 bridgehead atoms. The van der Waals surface area contributed by atoms with Gasteiger partial charge in [0.2, 0.25) is 6.35 Å². The summed E-state index contributed by atoms with van der Waals surface area (Å²) in [5, 5.41) is 19.9. The van der Waals surface area contributed by atoms with Crippen molar-refractivity contribution in [1.29, 1.82) is 0 Å². The maximum Gasteiger partial charge on any atom is 0.573 e. The second kappa shape index (κ2) is 6.81. The number of rotatable bonds is 4. The van der Waals surface area contributed by atoms with E-state index in [2.05, 4.69) is 14.7 Å². The van der Waals surface area contributed by atoms with Gasteiger partial charge < -0.3 is 29.6 Å². The van der Waals surface area contributed by atoms with Crippen molar-refractivity contribution in [3.05, 3.63) is 30.0 Å². The summed E-state index contributed by atoms with van der Waals surface area (Å²) in [4.78, 5) is 22.2. The van der Waals surface area contributed by atoms with Gasteiger partial charge in [-0.1, -0.05) is 6.07 Å². The number of anilines is 1. The maximum atomic E-state index is 12.8. The first-order chi connectivity index (χ1) is 13.6. The molecule has 1 aromatic carbocycles. The first-order valence-electron chi connectivity index (χ1n) is 8.67. The Balaban J connectivity index is 1.56. The molecule has 1 aliphatic carbocycles. The van der Waals surface area contributed by atoms with E-state index in [1.165, 1.54) is 29.0 Å². The van der Waals surface area contributed by atoms with Crippen LogP contribution in [0.5, 0.6) is 17.5 Å². The predicted molar refractivity (Wildman–Crippen MR) is 91.4 cm³/mol. The first-order valence-corrected chi connectivity index (χ1v) is 8.67. The number of nitrogens with zero attached hydrogens (tertiary/aromatic N) is 3. The Hall–Kier alpha value is -2.99. The Morgan fingerprint density at radius 2 is 1.93 bits per heavy atom. The minimum absolute atomic E-state index is 0.00692. The molecule has 3 N–H and O–H groups in total. The molecule has 0 spiro atoms. The second-order valence-electron chi connectivity index (χ2n) is 6.81. The molecule has 1 amide bonds. The zero-order valence-electron chi connectivity index (χ0n) is 15.1. The molecular formula is C17H17F3N4O5. The van der Waals surface area contributed by atoms with E-state index in [9.17, 15) is 28.2 Å². The summed E-state index contributed by atoms with van der Waals surface area (Å²) in [6.07, 6.45) is -5.91. The number of aromatic amines is 1. The molecule has 156 valence electrons. The number of hydrogen-bond acceptors (Lipinski definition) is 7. The van der Waals surface area contributed by atoms with E-state index in [-0.39, 0.29) is 29.3 Å². The Kier molecular flexibility index (Phi) is 4.54. The molecule has 2 aromatic rings. The minimum atomic E-state index is -4.84. The van der Waals surface area contributed by atoms with Gasteiger partial charge in [0, 0.05) is 19.2 Å². The van der Waals surface area contributed by atoms with Crippen LogP contribution >= 0.6 is 0 Å². The molecule has 1 saturated carbocycles. The molecule has 0 radical (unpaired) electrons. The van der Waals surface area contributed by atoms with Crippen LogP contribution in [0.4, 0.5) is 19.0 Å². The van der Waals surface area contributed by atoms with Crippen LogP contribution in [0, 0.1) is 0 Å². The molecule has 12 heteroatoms. The van der Waals surface area contributed by atoms with Crippen molar-refractivity contribution >= 4 is 11.7 Å². The molecule has 1 fully saturated rings. The average molecular weight is 414 g/mol. The highest BCUT2D eigenvalue weighted by molar-refractivity contribution is 5.99. The third-order valence-corrected chi connectivity index (χ3v) is 4.78. The van der Waals surface area contributed by atoms with Gasteiger partial charge in [-0.05, 0) is 25.0 Å². The fraction of sp³-hybridized carbons (Fsp3) is 0.412. The van der Waals surface area contributed by atoms with Crippen LogP contribution in [0.1, 0.15) is 23.3 Å². The number of carbonyl (C=O) groups excluding carboxylic acids is 1. The molecule has 1 aliphatic heterocycles. The summed E-state index contributed by atoms with van der Waals surface area (Å²) in [6, 6.07) is 4.40. The Morgan fingerprint density at radius 1 is 1.24 bits per heavy atom. The number of imidazole rings is 1. The lowest BCUT2D eigenvalue weighted by Gasteiger charge is -2.47. The van der Waals surface area contributed by atoms with E-state index in [0.717, 1.165) is 12.1 Å². The fourth-order valence-corrected chi connectivity index (χ4v) is 3.31. The van der Waals surface area contributed by atoms with E-state index < -0.39 is 30.5 Å². The van der Waals surface area contributed by atoms with Crippen LogP contribution in [-0.2, 0) is 0 Å². The van der Waals surface area contributed by atoms with Crippen molar-refractivity contribution < 1.29 is 37.7 Å². The van der Waals surface area contributed by atoms with E-state index >= 15 is 0 Å². The van der Waals surface area contributed by atoms with Gasteiger partial charge in [0.25, 0.3) is 5.91 Å². The van der Waals surface area contributed by atoms with Crippen molar-refractivity contribution in [2.75, 3.05) is 11.9 Å². The highest BCUT2D eigenvalue weighted by Gasteiger charge is 2.45. The lowest BCUT2D eigenvalue weighted by atomic mass is 9.87. The van der Waals surface area contributed by atoms with Crippen LogP contribution in [-0.4, -0.2) is 62.9 Å². The lowest BCUT2D eigenvalue weighted by molar-refractivity contribution is -0.274. The fourth-order valence-electron chi connectivity index (χ4n) is 3.31. The number of hydrogen-bond donors (Lipinski definition) is 3. The number of fused-ring (bicyclic) bond motifs is 1. The summed E-state index contributed by atoms with van der Waals surface area (Å²) in [6.45, 7) is 0. The van der Waals surface area contributed by atoms with Crippen LogP contribution < -0.4 is 14.4 Å². The Bertz CT molecular complexity index is 928. The van der Waals surface area contributed by atoms with E-state index in [0.29, 0.717) is 12.8 Å². The standard InChI is InChI=1S/C17H17F3N4O5/c1-23-13-12(14(26)24(16(23)27)8-5-9(25)6-8)21-15(22-13)28-10-3-2-4-11(7-10)29-17(18,19)20/h2-4,7-9,16,25,27H,5-6H2,1H3,(H,21,22). The van der Waals surface area contributed by atoms with E-state index in [1.807, 2.05) is 0 Å². The van der Waals surface area contributed by atoms with Gasteiger partial charge in [-0.25, -0.2) is 0 Å². The molecule has 1 atom stereocenters. The molecular weight excluding hydrogens is 397 g/mol. The number of nitrogens with one attached hydrogen (secondary N) is 1. The maximum absolute atomic E-state index is 12.8. The van der Waals surface area contributed by atoms with Gasteiger partial charge in [-0.3, -0.25) is 9.69 Å². The zero-order valence-corrected chi connectivity index (χ0v) is 15.1. The molecule has 1 unspecified atom stereocenters. The minimum Gasteiger partial charge on any atom is -0.425 e. The third-order valence-electron chi connectivity index (χ3n) is 4.78. The lowest BCUT2D eigenvalue weighted by Crippen LogP contribution is -2.61. The monoisotopic (exact) mass is 414 g/mol. The number of H-pyrrole nitrogens is 1. The first kappa shape index (κ1) is 19.3. The predicted octanol–water partition coefficient (Wildman–Crippen LogP) is 1.79. The SMILES string of the molecule is CN1c2nc(Oc3cccc(OC(F)(F)F)c3)[nH]c2C(=O)N(C2CC(O)C2)C1O. The highest BCUT2D eigenvalue weighted by Crippen LogP contribution is 2.36. The Labute approximate surface area is 162 Å². The van der Waals surface area contributed by atoms with Crippen LogP contribution in [0.15, 0.2) is 24.3 Å². The van der Waals surface area contributed by atoms with Gasteiger partial charge in [-0.15, -0.1) is 13.2 Å². The van der Waals surface area contributed by atoms with Crippen molar-refractivity contribution in [3.8, 4) is 17.5 Å². The van der Waals surface area contributed by atoms with Gasteiger partial charge in [0.1, 0.15) is 11.5 Å². The number of aliphatic hydroxyl groups is 2. The van der Waals surface area contributed by atoms with Gasteiger partial charge in [-0.2, -0.15) is 4.98 Å². The smallest absolute Gasteiger partial charge is 0.425 e. The number of aromatic nitrogens is 2. The van der Waals surface area contributed by atoms with Crippen LogP contribution in [0.3, 0.4) is 0 Å². The highest BCUT2D eigenvalue weighted by atomic mass is 19.4. The Morgan fingerprint density at radius 3 is 2.59 bits per heavy atom. The average Bonchev–Trinajstić information content (AvgIpc) is 3.01. The number of halogens is 3. The van der Waals surface area contributed by atoms with Gasteiger partial charge in [0.05, 0.1) is 6.10 Å². The van der Waals surface area contributed by atoms with Crippen LogP contribution in [0.25, 0.3) is 0 Å². The summed E-state index contributed by atoms with van der Waals surface area (Å²) in [5.41, 5.74) is 0.0666. The quantitative estimate of drug-likeness (QED) is 0.700. The molecule has 29 heavy (non-hydrogen) atoms. The number of benzene rings is 1. The molecule has 4 rings (SSSR count). The molecule has 1 aromatic heterocycles. The number of carbonyl (C=O) groups is 1. The van der Waals surface area contributed by atoms with Crippen LogP contribution in [0.2, 0.25) is 0 Å². The number of aliphatic hydroxyl groups excluding tert-OH is 2. The molecule has 9 nitrogen and oxygen atoms in total. The molecule has 2 heterocycles. The van der Waals surface area contributed by atoms with Crippen molar-refractivity contribution in [2.45, 2.75) is 37.7 Å². The summed E-state index contributed by atoms with van der Waals surface area (Å²) >= 11 is 0. The molecule has 0 saturated heterocycles. The summed E-state index contributed by atoms with van der Waals surface area (Å²) in [7, 11) is 1.53. The summed E-state index contributed by atoms with van der Waals surface area (Å²) < 4.78 is 46.4. The largest absolute Gasteiger partial charge is 0.573 e. The molecule has 2 aliphatic rings. The summed E-state index contributed by atoms with van der Waals surface area (Å²) in [5.74, 6) is -0.840. The number of alkyl halides is 3. The number of ether oxygens (including phenoxy) is 2. The third kappa shape index (κ3) is 3.68. The van der Waals surface area contributed by atoms with E-state index in [4.69, 9.17) is 4.74 Å². The van der Waals surface area contributed by atoms with Gasteiger partial charge in [0.15, 0.2) is 11.5 Å². The topological polar surface area (TPSA) is 111 Å². The zero-order chi connectivity index (χ0) is 20.9. The number of amides is 1. The van der Waals surface area contributed by atoms with Crippen molar-refractivity contribution in [3.63, 3.8) is 0 Å². The van der Waals surface area contributed by atoms with Crippen molar-refractivity contribution in [1.82, 2.24) is 14.9 Å².